The van der Waals surface area contributed by atoms with Gasteiger partial charge >= 0.3 is 0 Å². The maximum absolute atomic E-state index is 13.7. The van der Waals surface area contributed by atoms with E-state index >= 15 is 0 Å². The molecule has 1 unspecified atom stereocenters. The minimum absolute atomic E-state index is 0.0539. The Morgan fingerprint density at radius 3 is 2.92 bits per heavy atom. The normalized spacial score (nSPS) is 16.9. The summed E-state index contributed by atoms with van der Waals surface area (Å²) in [5, 5.41) is 0. The molecule has 7 heteroatoms. The van der Waals surface area contributed by atoms with Gasteiger partial charge in [0.25, 0.3) is 0 Å². The molecule has 1 aliphatic heterocycles. The van der Waals surface area contributed by atoms with Crippen LogP contribution in [0, 0.1) is 5.82 Å². The van der Waals surface area contributed by atoms with Crippen molar-refractivity contribution in [3.05, 3.63) is 48.0 Å². The van der Waals surface area contributed by atoms with Crippen molar-refractivity contribution in [1.29, 1.82) is 0 Å². The minimum Gasteiger partial charge on any atom is -0.480 e. The van der Waals surface area contributed by atoms with Crippen LogP contribution in [0.1, 0.15) is 12.0 Å². The molecular formula is C17H18FN3O3. The van der Waals surface area contributed by atoms with Crippen molar-refractivity contribution < 1.29 is 18.7 Å². The summed E-state index contributed by atoms with van der Waals surface area (Å²) in [4.78, 5) is 22.1. The molecule has 0 radical (unpaired) electrons. The van der Waals surface area contributed by atoms with Gasteiger partial charge in [-0.15, -0.1) is 0 Å². The SMILES string of the molecule is COc1cncc(OC2CCN(C(=O)Cc3ccccc3F)C2)n1. The summed E-state index contributed by atoms with van der Waals surface area (Å²) in [6.07, 6.45) is 3.59. The van der Waals surface area contributed by atoms with E-state index in [4.69, 9.17) is 9.47 Å². The lowest BCUT2D eigenvalue weighted by atomic mass is 10.1. The first-order valence-electron chi connectivity index (χ1n) is 7.69. The third-order valence-electron chi connectivity index (χ3n) is 3.88. The summed E-state index contributed by atoms with van der Waals surface area (Å²) in [7, 11) is 1.51. The number of aromatic nitrogens is 2. The van der Waals surface area contributed by atoms with E-state index in [9.17, 15) is 9.18 Å². The Bertz CT molecular complexity index is 726. The molecule has 1 atom stereocenters. The van der Waals surface area contributed by atoms with Crippen LogP contribution >= 0.6 is 0 Å². The molecule has 1 aromatic carbocycles. The average molecular weight is 331 g/mol. The molecular weight excluding hydrogens is 313 g/mol. The number of halogens is 1. The number of methoxy groups -OCH3 is 1. The van der Waals surface area contributed by atoms with Gasteiger partial charge < -0.3 is 14.4 Å². The maximum Gasteiger partial charge on any atom is 0.235 e. The number of amides is 1. The van der Waals surface area contributed by atoms with Crippen LogP contribution in [-0.2, 0) is 11.2 Å². The lowest BCUT2D eigenvalue weighted by molar-refractivity contribution is -0.129. The van der Waals surface area contributed by atoms with Gasteiger partial charge in [-0.2, -0.15) is 4.98 Å². The molecule has 0 aliphatic carbocycles. The molecule has 3 rings (SSSR count). The quantitative estimate of drug-likeness (QED) is 0.836. The Labute approximate surface area is 139 Å². The third-order valence-corrected chi connectivity index (χ3v) is 3.88. The number of hydrogen-bond donors (Lipinski definition) is 0. The first-order chi connectivity index (χ1) is 11.7. The average Bonchev–Trinajstić information content (AvgIpc) is 3.06. The second kappa shape index (κ2) is 7.25. The molecule has 1 aromatic heterocycles. The van der Waals surface area contributed by atoms with Crippen LogP contribution in [0.2, 0.25) is 0 Å². The molecule has 2 aromatic rings. The van der Waals surface area contributed by atoms with Gasteiger partial charge in [-0.3, -0.25) is 9.78 Å². The molecule has 0 saturated carbocycles. The first kappa shape index (κ1) is 16.2. The molecule has 126 valence electrons. The summed E-state index contributed by atoms with van der Waals surface area (Å²) in [5.74, 6) is 0.271. The monoisotopic (exact) mass is 331 g/mol. The van der Waals surface area contributed by atoms with E-state index < -0.39 is 0 Å². The summed E-state index contributed by atoms with van der Waals surface area (Å²) in [5.41, 5.74) is 0.408. The zero-order chi connectivity index (χ0) is 16.9. The number of ether oxygens (including phenoxy) is 2. The Morgan fingerprint density at radius 2 is 2.12 bits per heavy atom. The fraction of sp³-hybridized carbons (Fsp3) is 0.353. The van der Waals surface area contributed by atoms with Gasteiger partial charge in [0, 0.05) is 13.0 Å². The van der Waals surface area contributed by atoms with E-state index in [0.29, 0.717) is 36.8 Å². The van der Waals surface area contributed by atoms with E-state index in [1.54, 1.807) is 23.1 Å². The fourth-order valence-electron chi connectivity index (χ4n) is 2.62. The van der Waals surface area contributed by atoms with Crippen molar-refractivity contribution in [2.75, 3.05) is 20.2 Å². The Morgan fingerprint density at radius 1 is 1.33 bits per heavy atom. The van der Waals surface area contributed by atoms with Crippen molar-refractivity contribution in [3.63, 3.8) is 0 Å². The van der Waals surface area contributed by atoms with Crippen LogP contribution in [0.5, 0.6) is 11.8 Å². The summed E-state index contributed by atoms with van der Waals surface area (Å²) < 4.78 is 24.4. The van der Waals surface area contributed by atoms with Gasteiger partial charge in [0.05, 0.1) is 32.5 Å². The molecule has 0 bridgehead atoms. The number of nitrogens with zero attached hydrogens (tertiary/aromatic N) is 3. The molecule has 1 amide bonds. The summed E-state index contributed by atoms with van der Waals surface area (Å²) in [6.45, 7) is 1.03. The second-order valence-electron chi connectivity index (χ2n) is 5.54. The standard InChI is InChI=1S/C17H18FN3O3/c1-23-15-9-19-10-16(20-15)24-13-6-7-21(11-13)17(22)8-12-4-2-3-5-14(12)18/h2-5,9-10,13H,6-8,11H2,1H3. The number of hydrogen-bond acceptors (Lipinski definition) is 5. The van der Waals surface area contributed by atoms with Gasteiger partial charge in [0.15, 0.2) is 0 Å². The number of likely N-dealkylation sites (tertiary alicyclic amines) is 1. The molecule has 1 aliphatic rings. The predicted octanol–water partition coefficient (Wildman–Crippen LogP) is 1.85. The van der Waals surface area contributed by atoms with E-state index in [0.717, 1.165) is 0 Å². The third kappa shape index (κ3) is 3.79. The fourth-order valence-corrected chi connectivity index (χ4v) is 2.62. The Hall–Kier alpha value is -2.70. The van der Waals surface area contributed by atoms with E-state index in [2.05, 4.69) is 9.97 Å². The van der Waals surface area contributed by atoms with Crippen LogP contribution in [0.4, 0.5) is 4.39 Å². The highest BCUT2D eigenvalue weighted by atomic mass is 19.1. The van der Waals surface area contributed by atoms with Crippen molar-refractivity contribution in [1.82, 2.24) is 14.9 Å². The second-order valence-corrected chi connectivity index (χ2v) is 5.54. The molecule has 1 saturated heterocycles. The highest BCUT2D eigenvalue weighted by molar-refractivity contribution is 5.79. The van der Waals surface area contributed by atoms with Gasteiger partial charge in [0.2, 0.25) is 17.7 Å². The molecule has 0 N–H and O–H groups in total. The summed E-state index contributed by atoms with van der Waals surface area (Å²) >= 11 is 0. The van der Waals surface area contributed by atoms with Gasteiger partial charge in [-0.05, 0) is 11.6 Å². The Balaban J connectivity index is 1.56. The van der Waals surface area contributed by atoms with Gasteiger partial charge in [-0.1, -0.05) is 18.2 Å². The van der Waals surface area contributed by atoms with Crippen molar-refractivity contribution in [2.45, 2.75) is 18.9 Å². The largest absolute Gasteiger partial charge is 0.480 e. The summed E-state index contributed by atoms with van der Waals surface area (Å²) in [6, 6.07) is 6.32. The Kier molecular flexibility index (Phi) is 4.88. The van der Waals surface area contributed by atoms with Crippen LogP contribution in [0.3, 0.4) is 0 Å². The highest BCUT2D eigenvalue weighted by Gasteiger charge is 2.28. The highest BCUT2D eigenvalue weighted by Crippen LogP contribution is 2.19. The molecule has 0 spiro atoms. The predicted molar refractivity (Wildman–Crippen MR) is 84.3 cm³/mol. The van der Waals surface area contributed by atoms with E-state index in [1.165, 1.54) is 25.6 Å². The zero-order valence-corrected chi connectivity index (χ0v) is 13.3. The smallest absolute Gasteiger partial charge is 0.235 e. The van der Waals surface area contributed by atoms with Crippen molar-refractivity contribution >= 4 is 5.91 Å². The van der Waals surface area contributed by atoms with Gasteiger partial charge in [0.1, 0.15) is 11.9 Å². The molecule has 1 fully saturated rings. The number of rotatable bonds is 5. The van der Waals surface area contributed by atoms with Crippen LogP contribution in [0.15, 0.2) is 36.7 Å². The van der Waals surface area contributed by atoms with Crippen molar-refractivity contribution in [3.8, 4) is 11.8 Å². The van der Waals surface area contributed by atoms with Crippen molar-refractivity contribution in [2.24, 2.45) is 0 Å². The molecule has 24 heavy (non-hydrogen) atoms. The number of benzene rings is 1. The molecule has 6 nitrogen and oxygen atoms in total. The first-order valence-corrected chi connectivity index (χ1v) is 7.69. The van der Waals surface area contributed by atoms with Crippen LogP contribution in [0.25, 0.3) is 0 Å². The number of carbonyl (C=O) groups is 1. The lowest BCUT2D eigenvalue weighted by Gasteiger charge is -2.17. The van der Waals surface area contributed by atoms with E-state index in [1.807, 2.05) is 0 Å². The minimum atomic E-state index is -0.357. The van der Waals surface area contributed by atoms with Crippen LogP contribution in [-0.4, -0.2) is 47.1 Å². The zero-order valence-electron chi connectivity index (χ0n) is 13.3. The molecule has 2 heterocycles. The topological polar surface area (TPSA) is 64.6 Å². The number of carbonyl (C=O) groups excluding carboxylic acids is 1. The lowest BCUT2D eigenvalue weighted by Crippen LogP contribution is -2.32. The van der Waals surface area contributed by atoms with Gasteiger partial charge in [-0.25, -0.2) is 4.39 Å². The van der Waals surface area contributed by atoms with E-state index in [-0.39, 0.29) is 24.2 Å². The maximum atomic E-state index is 13.7. The van der Waals surface area contributed by atoms with Crippen LogP contribution < -0.4 is 9.47 Å².